The SMILES string of the molecule is CCCCCCCC(O)CCCCCCCCCCCCS(=O)(=O)[O-].[K+]. The van der Waals surface area contributed by atoms with Crippen molar-refractivity contribution in [2.24, 2.45) is 0 Å². The monoisotopic (exact) mass is 416 g/mol. The van der Waals surface area contributed by atoms with Gasteiger partial charge in [0.25, 0.3) is 0 Å². The maximum Gasteiger partial charge on any atom is 1.00 e. The first-order valence-electron chi connectivity index (χ1n) is 10.6. The number of aliphatic hydroxyl groups excluding tert-OH is 1. The summed E-state index contributed by atoms with van der Waals surface area (Å²) in [6.07, 6.45) is 19.0. The van der Waals surface area contributed by atoms with Crippen LogP contribution in [0.25, 0.3) is 0 Å². The Kier molecular flexibility index (Phi) is 24.2. The van der Waals surface area contributed by atoms with Gasteiger partial charge in [0.2, 0.25) is 0 Å². The molecule has 0 radical (unpaired) electrons. The maximum absolute atomic E-state index is 10.5. The molecule has 26 heavy (non-hydrogen) atoms. The van der Waals surface area contributed by atoms with Crippen LogP contribution in [-0.2, 0) is 10.1 Å². The molecule has 0 saturated heterocycles. The van der Waals surface area contributed by atoms with Crippen molar-refractivity contribution in [1.29, 1.82) is 0 Å². The van der Waals surface area contributed by atoms with Crippen LogP contribution in [0.4, 0.5) is 0 Å². The van der Waals surface area contributed by atoms with E-state index in [1.54, 1.807) is 0 Å². The van der Waals surface area contributed by atoms with Crippen molar-refractivity contribution in [1.82, 2.24) is 0 Å². The van der Waals surface area contributed by atoms with Crippen molar-refractivity contribution in [2.75, 3.05) is 5.75 Å². The van der Waals surface area contributed by atoms with Gasteiger partial charge in [-0.1, -0.05) is 96.8 Å². The second kappa shape index (κ2) is 21.2. The van der Waals surface area contributed by atoms with Crippen molar-refractivity contribution in [3.05, 3.63) is 0 Å². The van der Waals surface area contributed by atoms with Gasteiger partial charge in [-0.25, -0.2) is 8.42 Å². The zero-order chi connectivity index (χ0) is 18.8. The molecule has 152 valence electrons. The second-order valence-electron chi connectivity index (χ2n) is 7.44. The van der Waals surface area contributed by atoms with Gasteiger partial charge in [-0.15, -0.1) is 0 Å². The van der Waals surface area contributed by atoms with E-state index in [-0.39, 0.29) is 63.2 Å². The Balaban J connectivity index is 0. The van der Waals surface area contributed by atoms with Crippen LogP contribution in [-0.4, -0.2) is 29.9 Å². The van der Waals surface area contributed by atoms with Gasteiger partial charge in [0.1, 0.15) is 0 Å². The number of rotatable bonds is 19. The Morgan fingerprint density at radius 2 is 1.04 bits per heavy atom. The molecular weight excluding hydrogens is 375 g/mol. The molecule has 0 aliphatic carbocycles. The molecule has 6 heteroatoms. The molecule has 0 aromatic heterocycles. The fourth-order valence-electron chi connectivity index (χ4n) is 3.20. The topological polar surface area (TPSA) is 77.4 Å². The number of unbranched alkanes of at least 4 members (excludes halogenated alkanes) is 13. The van der Waals surface area contributed by atoms with Gasteiger partial charge >= 0.3 is 51.4 Å². The quantitative estimate of drug-likeness (QED) is 0.199. The molecule has 0 aliphatic heterocycles. The summed E-state index contributed by atoms with van der Waals surface area (Å²) < 4.78 is 31.4. The Morgan fingerprint density at radius 1 is 0.692 bits per heavy atom. The molecule has 0 fully saturated rings. The Morgan fingerprint density at radius 3 is 1.42 bits per heavy atom. The smallest absolute Gasteiger partial charge is 0.748 e. The molecule has 1 unspecified atom stereocenters. The van der Waals surface area contributed by atoms with E-state index < -0.39 is 10.1 Å². The summed E-state index contributed by atoms with van der Waals surface area (Å²) in [6.45, 7) is 2.22. The van der Waals surface area contributed by atoms with E-state index in [0.29, 0.717) is 6.42 Å². The standard InChI is InChI=1S/C20H42O4S.K/c1-2-3-4-11-14-17-20(21)18-15-12-9-7-5-6-8-10-13-16-19-25(22,23)24;/h20-21H,2-19H2,1H3,(H,22,23,24);/q;+1/p-1. The summed E-state index contributed by atoms with van der Waals surface area (Å²) in [4.78, 5) is 0. The molecule has 0 heterocycles. The number of aliphatic hydroxyl groups is 1. The zero-order valence-corrected chi connectivity index (χ0v) is 21.3. The van der Waals surface area contributed by atoms with E-state index in [4.69, 9.17) is 0 Å². The van der Waals surface area contributed by atoms with Gasteiger partial charge in [-0.3, -0.25) is 0 Å². The van der Waals surface area contributed by atoms with E-state index in [1.807, 2.05) is 0 Å². The van der Waals surface area contributed by atoms with E-state index >= 15 is 0 Å². The molecule has 0 aromatic rings. The van der Waals surface area contributed by atoms with Crippen LogP contribution in [0.1, 0.15) is 116 Å². The first kappa shape index (κ1) is 29.7. The van der Waals surface area contributed by atoms with Gasteiger partial charge in [-0.2, -0.15) is 0 Å². The predicted octanol–water partition coefficient (Wildman–Crippen LogP) is 2.55. The molecule has 1 N–H and O–H groups in total. The minimum absolute atomic E-state index is 0. The van der Waals surface area contributed by atoms with Crippen molar-refractivity contribution >= 4 is 10.1 Å². The van der Waals surface area contributed by atoms with Crippen LogP contribution in [0.5, 0.6) is 0 Å². The first-order chi connectivity index (χ1) is 12.0. The van der Waals surface area contributed by atoms with Gasteiger partial charge in [0, 0.05) is 5.75 Å². The molecule has 0 aromatic carbocycles. The van der Waals surface area contributed by atoms with Gasteiger partial charge in [-0.05, 0) is 19.3 Å². The minimum atomic E-state index is -4.02. The normalized spacial score (nSPS) is 12.7. The Hall–Kier alpha value is 1.51. The van der Waals surface area contributed by atoms with Crippen LogP contribution in [0.2, 0.25) is 0 Å². The largest absolute Gasteiger partial charge is 1.00 e. The number of hydrogen-bond acceptors (Lipinski definition) is 4. The van der Waals surface area contributed by atoms with Crippen LogP contribution >= 0.6 is 0 Å². The fourth-order valence-corrected chi connectivity index (χ4v) is 3.76. The first-order valence-corrected chi connectivity index (χ1v) is 12.1. The third kappa shape index (κ3) is 25.5. The van der Waals surface area contributed by atoms with Crippen LogP contribution < -0.4 is 51.4 Å². The van der Waals surface area contributed by atoms with Crippen LogP contribution in [0.3, 0.4) is 0 Å². The van der Waals surface area contributed by atoms with Crippen molar-refractivity contribution in [3.8, 4) is 0 Å². The predicted molar refractivity (Wildman–Crippen MR) is 105 cm³/mol. The molecule has 1 atom stereocenters. The van der Waals surface area contributed by atoms with E-state index in [1.165, 1.54) is 64.2 Å². The molecule has 4 nitrogen and oxygen atoms in total. The fraction of sp³-hybridized carbons (Fsp3) is 1.00. The summed E-state index contributed by atoms with van der Waals surface area (Å²) in [5.74, 6) is -0.211. The van der Waals surface area contributed by atoms with Crippen molar-refractivity contribution in [3.63, 3.8) is 0 Å². The van der Waals surface area contributed by atoms with Crippen molar-refractivity contribution in [2.45, 2.75) is 122 Å². The molecule has 0 spiro atoms. The molecule has 0 rings (SSSR count). The average molecular weight is 417 g/mol. The van der Waals surface area contributed by atoms with E-state index in [9.17, 15) is 18.1 Å². The summed E-state index contributed by atoms with van der Waals surface area (Å²) >= 11 is 0. The van der Waals surface area contributed by atoms with E-state index in [2.05, 4.69) is 6.92 Å². The molecule has 0 bridgehead atoms. The number of hydrogen-bond donors (Lipinski definition) is 1. The molecule has 0 aliphatic rings. The van der Waals surface area contributed by atoms with E-state index in [0.717, 1.165) is 38.5 Å². The summed E-state index contributed by atoms with van der Waals surface area (Å²) in [6, 6.07) is 0. The summed E-state index contributed by atoms with van der Waals surface area (Å²) in [5, 5.41) is 9.94. The zero-order valence-electron chi connectivity index (χ0n) is 17.4. The van der Waals surface area contributed by atoms with Crippen LogP contribution in [0, 0.1) is 0 Å². The summed E-state index contributed by atoms with van der Waals surface area (Å²) in [5.41, 5.74) is 0. The van der Waals surface area contributed by atoms with Crippen molar-refractivity contribution < 1.29 is 69.5 Å². The second-order valence-corrected chi connectivity index (χ2v) is 8.97. The third-order valence-corrected chi connectivity index (χ3v) is 5.61. The molecule has 0 saturated carbocycles. The average Bonchev–Trinajstić information content (AvgIpc) is 2.54. The Labute approximate surface area is 205 Å². The molecular formula is C20H41KO4S. The Bertz CT molecular complexity index is 374. The summed E-state index contributed by atoms with van der Waals surface area (Å²) in [7, 11) is -4.02. The van der Waals surface area contributed by atoms with Crippen LogP contribution in [0.15, 0.2) is 0 Å². The van der Waals surface area contributed by atoms with Gasteiger partial charge in [0.05, 0.1) is 16.2 Å². The van der Waals surface area contributed by atoms with Gasteiger partial charge < -0.3 is 9.66 Å². The molecule has 0 amide bonds. The third-order valence-electron chi connectivity index (χ3n) is 4.82. The minimum Gasteiger partial charge on any atom is -0.748 e. The van der Waals surface area contributed by atoms with Gasteiger partial charge in [0.15, 0.2) is 0 Å². The maximum atomic E-state index is 10.5.